The number of nitro benzene ring substituents is 1. The molecule has 0 fully saturated rings. The van der Waals surface area contributed by atoms with Gasteiger partial charge in [-0.1, -0.05) is 0 Å². The number of non-ortho nitro benzene ring substituents is 1. The Hall–Kier alpha value is -3.54. The summed E-state index contributed by atoms with van der Waals surface area (Å²) in [6, 6.07) is 5.97. The van der Waals surface area contributed by atoms with Crippen LogP contribution in [0.25, 0.3) is 0 Å². The number of anilines is 1. The monoisotopic (exact) mass is 330 g/mol. The van der Waals surface area contributed by atoms with E-state index in [1.54, 1.807) is 13.0 Å². The van der Waals surface area contributed by atoms with Crippen LogP contribution in [-0.4, -0.2) is 15.4 Å². The molecule has 122 valence electrons. The van der Waals surface area contributed by atoms with E-state index in [0.29, 0.717) is 5.56 Å². The second-order valence-corrected chi connectivity index (χ2v) is 4.89. The Morgan fingerprint density at radius 2 is 2.17 bits per heavy atom. The van der Waals surface area contributed by atoms with Gasteiger partial charge in [0.15, 0.2) is 0 Å². The van der Waals surface area contributed by atoms with Crippen molar-refractivity contribution in [2.45, 2.75) is 13.5 Å². The maximum Gasteiger partial charge on any atom is 0.271 e. The van der Waals surface area contributed by atoms with Crippen LogP contribution < -0.4 is 10.9 Å². The number of rotatable bonds is 4. The lowest BCUT2D eigenvalue weighted by molar-refractivity contribution is -0.384. The number of nitriles is 1. The van der Waals surface area contributed by atoms with Crippen molar-refractivity contribution in [2.24, 2.45) is 0 Å². The summed E-state index contributed by atoms with van der Waals surface area (Å²) >= 11 is 0. The SMILES string of the molecule is Cc1ccn(CC(=O)Nc2cc([N+](=O)[O-])ccc2F)c(=O)c1C#N. The van der Waals surface area contributed by atoms with Gasteiger partial charge in [-0.15, -0.1) is 0 Å². The fourth-order valence-electron chi connectivity index (χ4n) is 1.99. The standard InChI is InChI=1S/C15H11FN4O4/c1-9-4-5-19(15(22)11(9)7-17)8-14(21)18-13-6-10(20(23)24)2-3-12(13)16/h2-6H,8H2,1H3,(H,18,21). The second kappa shape index (κ2) is 6.70. The number of amides is 1. The van der Waals surface area contributed by atoms with Gasteiger partial charge in [0.05, 0.1) is 10.6 Å². The quantitative estimate of drug-likeness (QED) is 0.676. The maximum atomic E-state index is 13.6. The highest BCUT2D eigenvalue weighted by molar-refractivity contribution is 5.91. The van der Waals surface area contributed by atoms with Crippen LogP contribution in [0.3, 0.4) is 0 Å². The van der Waals surface area contributed by atoms with Gasteiger partial charge in [-0.05, 0) is 24.6 Å². The highest BCUT2D eigenvalue weighted by Crippen LogP contribution is 2.21. The fraction of sp³-hybridized carbons (Fsp3) is 0.133. The van der Waals surface area contributed by atoms with Crippen LogP contribution in [0.4, 0.5) is 15.8 Å². The Bertz CT molecular complexity index is 930. The molecule has 0 saturated heterocycles. The molecule has 2 rings (SSSR count). The number of halogens is 1. The minimum atomic E-state index is -0.845. The zero-order chi connectivity index (χ0) is 17.9. The molecule has 0 bridgehead atoms. The number of benzene rings is 1. The predicted octanol–water partition coefficient (Wildman–Crippen LogP) is 1.71. The minimum Gasteiger partial charge on any atom is -0.322 e. The molecule has 2 aromatic rings. The van der Waals surface area contributed by atoms with Crippen molar-refractivity contribution in [1.29, 1.82) is 5.26 Å². The largest absolute Gasteiger partial charge is 0.322 e. The van der Waals surface area contributed by atoms with Gasteiger partial charge < -0.3 is 9.88 Å². The van der Waals surface area contributed by atoms with E-state index < -0.39 is 28.8 Å². The highest BCUT2D eigenvalue weighted by Gasteiger charge is 2.14. The zero-order valence-electron chi connectivity index (χ0n) is 12.4. The summed E-state index contributed by atoms with van der Waals surface area (Å²) < 4.78 is 14.6. The first kappa shape index (κ1) is 16.8. The van der Waals surface area contributed by atoms with Crippen LogP contribution in [0.1, 0.15) is 11.1 Å². The van der Waals surface area contributed by atoms with Crippen LogP contribution in [0, 0.1) is 34.2 Å². The van der Waals surface area contributed by atoms with Crippen molar-refractivity contribution in [3.05, 3.63) is 67.9 Å². The molecule has 1 aromatic carbocycles. The summed E-state index contributed by atoms with van der Waals surface area (Å²) in [5, 5.41) is 21.8. The molecule has 0 unspecified atom stereocenters. The van der Waals surface area contributed by atoms with Crippen molar-refractivity contribution in [1.82, 2.24) is 4.57 Å². The van der Waals surface area contributed by atoms with Gasteiger partial charge in [0.2, 0.25) is 5.91 Å². The van der Waals surface area contributed by atoms with Crippen LogP contribution in [-0.2, 0) is 11.3 Å². The van der Waals surface area contributed by atoms with E-state index in [1.165, 1.54) is 12.3 Å². The van der Waals surface area contributed by atoms with Gasteiger partial charge in [0.25, 0.3) is 11.2 Å². The summed E-state index contributed by atoms with van der Waals surface area (Å²) in [5.41, 5.74) is -1.01. The van der Waals surface area contributed by atoms with E-state index in [1.807, 2.05) is 0 Å². The number of hydrogen-bond donors (Lipinski definition) is 1. The van der Waals surface area contributed by atoms with Crippen LogP contribution in [0.2, 0.25) is 0 Å². The smallest absolute Gasteiger partial charge is 0.271 e. The van der Waals surface area contributed by atoms with Crippen molar-refractivity contribution < 1.29 is 14.1 Å². The average molecular weight is 330 g/mol. The summed E-state index contributed by atoms with van der Waals surface area (Å²) in [5.74, 6) is -1.60. The molecule has 0 spiro atoms. The second-order valence-electron chi connectivity index (χ2n) is 4.89. The lowest BCUT2D eigenvalue weighted by Crippen LogP contribution is -2.29. The van der Waals surface area contributed by atoms with Gasteiger partial charge in [-0.2, -0.15) is 5.26 Å². The first-order valence-electron chi connectivity index (χ1n) is 6.67. The number of hydrogen-bond acceptors (Lipinski definition) is 5. The van der Waals surface area contributed by atoms with Crippen LogP contribution >= 0.6 is 0 Å². The molecular weight excluding hydrogens is 319 g/mol. The Morgan fingerprint density at radius 3 is 2.79 bits per heavy atom. The number of aryl methyl sites for hydroxylation is 1. The van der Waals surface area contributed by atoms with Crippen LogP contribution in [0.5, 0.6) is 0 Å². The lowest BCUT2D eigenvalue weighted by Gasteiger charge is -2.09. The molecule has 0 aliphatic rings. The van der Waals surface area contributed by atoms with Gasteiger partial charge >= 0.3 is 0 Å². The predicted molar refractivity (Wildman–Crippen MR) is 81.8 cm³/mol. The molecule has 1 amide bonds. The summed E-state index contributed by atoms with van der Waals surface area (Å²) in [4.78, 5) is 33.9. The van der Waals surface area contributed by atoms with E-state index in [0.717, 1.165) is 22.8 Å². The van der Waals surface area contributed by atoms with E-state index in [4.69, 9.17) is 5.26 Å². The van der Waals surface area contributed by atoms with Crippen molar-refractivity contribution >= 4 is 17.3 Å². The Morgan fingerprint density at radius 1 is 1.46 bits per heavy atom. The lowest BCUT2D eigenvalue weighted by atomic mass is 10.2. The molecule has 0 radical (unpaired) electrons. The molecule has 0 saturated carbocycles. The number of pyridine rings is 1. The normalized spacial score (nSPS) is 10.0. The summed E-state index contributed by atoms with van der Waals surface area (Å²) in [6.45, 7) is 1.12. The van der Waals surface area contributed by atoms with Crippen molar-refractivity contribution in [3.8, 4) is 6.07 Å². The number of nitro groups is 1. The Balaban J connectivity index is 2.24. The van der Waals surface area contributed by atoms with Crippen LogP contribution in [0.15, 0.2) is 35.3 Å². The molecule has 0 aliphatic carbocycles. The van der Waals surface area contributed by atoms with E-state index in [9.17, 15) is 24.1 Å². The molecular formula is C15H11FN4O4. The first-order valence-corrected chi connectivity index (χ1v) is 6.67. The number of nitrogens with one attached hydrogen (secondary N) is 1. The third kappa shape index (κ3) is 3.44. The first-order chi connectivity index (χ1) is 11.3. The minimum absolute atomic E-state index is 0.0909. The van der Waals surface area contributed by atoms with E-state index >= 15 is 0 Å². The maximum absolute atomic E-state index is 13.6. The Labute approximate surface area is 134 Å². The molecule has 1 aromatic heterocycles. The van der Waals surface area contributed by atoms with E-state index in [2.05, 4.69) is 5.32 Å². The fourth-order valence-corrected chi connectivity index (χ4v) is 1.99. The summed E-state index contributed by atoms with van der Waals surface area (Å²) in [6.07, 6.45) is 1.34. The average Bonchev–Trinajstić information content (AvgIpc) is 2.52. The molecule has 24 heavy (non-hydrogen) atoms. The number of carbonyl (C=O) groups is 1. The molecule has 1 heterocycles. The third-order valence-electron chi connectivity index (χ3n) is 3.23. The van der Waals surface area contributed by atoms with Gasteiger partial charge in [0, 0.05) is 18.3 Å². The summed E-state index contributed by atoms with van der Waals surface area (Å²) in [7, 11) is 0. The van der Waals surface area contributed by atoms with Gasteiger partial charge in [0.1, 0.15) is 24.0 Å². The van der Waals surface area contributed by atoms with Crippen molar-refractivity contribution in [2.75, 3.05) is 5.32 Å². The number of nitrogens with zero attached hydrogens (tertiary/aromatic N) is 3. The molecule has 1 N–H and O–H groups in total. The number of carbonyl (C=O) groups excluding carboxylic acids is 1. The number of aromatic nitrogens is 1. The highest BCUT2D eigenvalue weighted by atomic mass is 19.1. The molecule has 9 heteroatoms. The third-order valence-corrected chi connectivity index (χ3v) is 3.23. The van der Waals surface area contributed by atoms with E-state index in [-0.39, 0.29) is 16.9 Å². The Kier molecular flexibility index (Phi) is 4.70. The molecule has 8 nitrogen and oxygen atoms in total. The van der Waals surface area contributed by atoms with Crippen molar-refractivity contribution in [3.63, 3.8) is 0 Å². The van der Waals surface area contributed by atoms with Gasteiger partial charge in [-0.3, -0.25) is 19.7 Å². The molecule has 0 atom stereocenters. The topological polar surface area (TPSA) is 118 Å². The zero-order valence-corrected chi connectivity index (χ0v) is 12.4. The van der Waals surface area contributed by atoms with Gasteiger partial charge in [-0.25, -0.2) is 4.39 Å². The molecule has 0 aliphatic heterocycles.